The summed E-state index contributed by atoms with van der Waals surface area (Å²) in [7, 11) is -3.38. The van der Waals surface area contributed by atoms with E-state index >= 15 is 0 Å². The summed E-state index contributed by atoms with van der Waals surface area (Å²) in [6.45, 7) is 0.284. The van der Waals surface area contributed by atoms with E-state index in [1.807, 2.05) is 0 Å². The normalized spacial score (nSPS) is 11.2. The number of hydrogen-bond donors (Lipinski definition) is 2. The maximum absolute atomic E-state index is 12.2. The molecule has 2 rings (SSSR count). The Morgan fingerprint density at radius 2 is 1.24 bits per heavy atom. The molecule has 0 aromatic carbocycles. The number of aromatic carboxylic acids is 2. The molecule has 9 heteroatoms. The Morgan fingerprint density at radius 3 is 1.60 bits per heavy atom. The molecule has 0 atom stereocenters. The molecule has 0 aliphatic carbocycles. The van der Waals surface area contributed by atoms with Gasteiger partial charge in [-0.05, 0) is 12.1 Å². The van der Waals surface area contributed by atoms with Crippen LogP contribution in [0.5, 0.6) is 0 Å². The average molecular weight is 366 g/mol. The molecule has 8 nitrogen and oxygen atoms in total. The van der Waals surface area contributed by atoms with Gasteiger partial charge in [0.15, 0.2) is 47.7 Å². The summed E-state index contributed by atoms with van der Waals surface area (Å²) in [5.41, 5.74) is 0.168. The molecule has 0 saturated heterocycles. The van der Waals surface area contributed by atoms with Crippen molar-refractivity contribution in [1.29, 1.82) is 0 Å². The van der Waals surface area contributed by atoms with Gasteiger partial charge in [-0.1, -0.05) is 0 Å². The zero-order valence-electron chi connectivity index (χ0n) is 13.3. The first-order valence-corrected chi connectivity index (χ1v) is 9.24. The van der Waals surface area contributed by atoms with Crippen molar-refractivity contribution >= 4 is 21.8 Å². The van der Waals surface area contributed by atoms with Crippen LogP contribution in [0.15, 0.2) is 49.1 Å². The Morgan fingerprint density at radius 1 is 0.840 bits per heavy atom. The van der Waals surface area contributed by atoms with E-state index < -0.39 is 21.8 Å². The first-order chi connectivity index (χ1) is 11.8. The first kappa shape index (κ1) is 18.5. The summed E-state index contributed by atoms with van der Waals surface area (Å²) in [5.74, 6) is -2.43. The van der Waals surface area contributed by atoms with E-state index in [2.05, 4.69) is 0 Å². The number of carbonyl (C=O) groups is 2. The number of rotatable bonds is 8. The van der Waals surface area contributed by atoms with Crippen molar-refractivity contribution in [2.75, 3.05) is 11.5 Å². The SMILES string of the molecule is O=C(O)c1ccc[n+](CCS(=O)(=O)CC[n+]2cccc(C(=O)O)c2)c1. The van der Waals surface area contributed by atoms with E-state index in [1.165, 1.54) is 33.7 Å². The highest BCUT2D eigenvalue weighted by atomic mass is 32.2. The maximum atomic E-state index is 12.2. The minimum atomic E-state index is -3.38. The van der Waals surface area contributed by atoms with Gasteiger partial charge in [0.25, 0.3) is 0 Å². The van der Waals surface area contributed by atoms with Gasteiger partial charge in [-0.2, -0.15) is 0 Å². The zero-order valence-corrected chi connectivity index (χ0v) is 14.1. The summed E-state index contributed by atoms with van der Waals surface area (Å²) in [6, 6.07) is 5.95. The molecular formula is C16H18N2O6S+2. The maximum Gasteiger partial charge on any atom is 0.341 e. The lowest BCUT2D eigenvalue weighted by Gasteiger charge is -2.02. The molecule has 0 spiro atoms. The Kier molecular flexibility index (Phi) is 5.81. The van der Waals surface area contributed by atoms with E-state index in [0.29, 0.717) is 0 Å². The molecule has 132 valence electrons. The second-order valence-corrected chi connectivity index (χ2v) is 7.73. The highest BCUT2D eigenvalue weighted by Crippen LogP contribution is 1.97. The molecule has 0 fully saturated rings. The summed E-state index contributed by atoms with van der Waals surface area (Å²) in [5, 5.41) is 17.9. The predicted octanol–water partition coefficient (Wildman–Crippen LogP) is -0.227. The fraction of sp³-hybridized carbons (Fsp3) is 0.250. The molecule has 0 aliphatic rings. The number of carboxylic acids is 2. The Labute approximate surface area is 144 Å². The van der Waals surface area contributed by atoms with Gasteiger partial charge < -0.3 is 10.2 Å². The van der Waals surface area contributed by atoms with E-state index in [0.717, 1.165) is 0 Å². The number of aromatic nitrogens is 2. The van der Waals surface area contributed by atoms with Gasteiger partial charge in [0.05, 0.1) is 0 Å². The highest BCUT2D eigenvalue weighted by molar-refractivity contribution is 7.91. The topological polar surface area (TPSA) is 116 Å². The van der Waals surface area contributed by atoms with Gasteiger partial charge >= 0.3 is 11.9 Å². The van der Waals surface area contributed by atoms with Gasteiger partial charge in [0, 0.05) is 12.1 Å². The van der Waals surface area contributed by atoms with Crippen molar-refractivity contribution in [3.8, 4) is 0 Å². The van der Waals surface area contributed by atoms with Gasteiger partial charge in [0.2, 0.25) is 0 Å². The van der Waals surface area contributed by atoms with Crippen molar-refractivity contribution in [1.82, 2.24) is 0 Å². The monoisotopic (exact) mass is 366 g/mol. The lowest BCUT2D eigenvalue weighted by atomic mass is 10.3. The van der Waals surface area contributed by atoms with Crippen LogP contribution in [0.4, 0.5) is 0 Å². The smallest absolute Gasteiger partial charge is 0.341 e. The van der Waals surface area contributed by atoms with Gasteiger partial charge in [0.1, 0.15) is 22.6 Å². The number of carboxylic acid groups (broad SMARTS) is 2. The third-order valence-corrected chi connectivity index (χ3v) is 5.14. The van der Waals surface area contributed by atoms with Crippen LogP contribution in [0.25, 0.3) is 0 Å². The second kappa shape index (κ2) is 7.84. The lowest BCUT2D eigenvalue weighted by Crippen LogP contribution is -2.41. The van der Waals surface area contributed by atoms with Gasteiger partial charge in [-0.15, -0.1) is 0 Å². The predicted molar refractivity (Wildman–Crippen MR) is 85.8 cm³/mol. The summed E-state index contributed by atoms with van der Waals surface area (Å²) >= 11 is 0. The van der Waals surface area contributed by atoms with Crippen LogP contribution < -0.4 is 9.13 Å². The van der Waals surface area contributed by atoms with Crippen LogP contribution in [0.3, 0.4) is 0 Å². The molecule has 0 radical (unpaired) electrons. The number of sulfone groups is 1. The van der Waals surface area contributed by atoms with Crippen LogP contribution >= 0.6 is 0 Å². The standard InChI is InChI=1S/C16H16N2O6S/c19-15(20)13-3-1-5-17(11-13)7-9-25(23,24)10-8-18-6-2-4-14(12-18)16(21)22/h1-6,11-12H,7-10H2/p+2. The number of hydrogen-bond acceptors (Lipinski definition) is 4. The molecular weight excluding hydrogens is 348 g/mol. The molecule has 2 N–H and O–H groups in total. The zero-order chi connectivity index (χ0) is 18.4. The molecule has 0 amide bonds. The van der Waals surface area contributed by atoms with Gasteiger partial charge in [-0.3, -0.25) is 0 Å². The number of nitrogens with zero attached hydrogens (tertiary/aromatic N) is 2. The Hall–Kier alpha value is -2.81. The molecule has 2 heterocycles. The second-order valence-electron chi connectivity index (χ2n) is 5.42. The van der Waals surface area contributed by atoms with Crippen molar-refractivity contribution in [3.05, 3.63) is 60.2 Å². The van der Waals surface area contributed by atoms with Crippen LogP contribution in [-0.4, -0.2) is 42.1 Å². The molecule has 0 saturated carbocycles. The molecule has 0 unspecified atom stereocenters. The van der Waals surface area contributed by atoms with Crippen molar-refractivity contribution in [3.63, 3.8) is 0 Å². The van der Waals surface area contributed by atoms with Crippen LogP contribution in [0, 0.1) is 0 Å². The number of pyridine rings is 2. The first-order valence-electron chi connectivity index (χ1n) is 7.42. The van der Waals surface area contributed by atoms with E-state index in [1.54, 1.807) is 24.5 Å². The average Bonchev–Trinajstić information content (AvgIpc) is 2.59. The highest BCUT2D eigenvalue weighted by Gasteiger charge is 2.18. The molecule has 0 aliphatic heterocycles. The van der Waals surface area contributed by atoms with E-state index in [9.17, 15) is 18.0 Å². The summed E-state index contributed by atoms with van der Waals surface area (Å²) < 4.78 is 27.3. The largest absolute Gasteiger partial charge is 0.477 e. The van der Waals surface area contributed by atoms with Crippen LogP contribution in [0.2, 0.25) is 0 Å². The molecule has 25 heavy (non-hydrogen) atoms. The fourth-order valence-electron chi connectivity index (χ4n) is 2.17. The minimum absolute atomic E-state index is 0.0842. The number of aryl methyl sites for hydroxylation is 2. The summed E-state index contributed by atoms with van der Waals surface area (Å²) in [6.07, 6.45) is 5.96. The van der Waals surface area contributed by atoms with Crippen molar-refractivity contribution in [2.45, 2.75) is 13.1 Å². The van der Waals surface area contributed by atoms with E-state index in [-0.39, 0.29) is 35.7 Å². The quantitative estimate of drug-likeness (QED) is 0.624. The van der Waals surface area contributed by atoms with Crippen LogP contribution in [0.1, 0.15) is 20.7 Å². The third-order valence-electron chi connectivity index (χ3n) is 3.53. The third kappa shape index (κ3) is 5.64. The van der Waals surface area contributed by atoms with Crippen molar-refractivity contribution in [2.24, 2.45) is 0 Å². The van der Waals surface area contributed by atoms with Crippen LogP contribution in [-0.2, 0) is 22.9 Å². The minimum Gasteiger partial charge on any atom is -0.477 e. The molecule has 2 aromatic heterocycles. The molecule has 0 bridgehead atoms. The Bertz CT molecular complexity index is 828. The van der Waals surface area contributed by atoms with E-state index in [4.69, 9.17) is 10.2 Å². The fourth-order valence-corrected chi connectivity index (χ4v) is 3.35. The summed E-state index contributed by atoms with van der Waals surface area (Å²) in [4.78, 5) is 21.8. The van der Waals surface area contributed by atoms with Gasteiger partial charge in [-0.25, -0.2) is 27.1 Å². The Balaban J connectivity index is 1.96. The van der Waals surface area contributed by atoms with Crippen molar-refractivity contribution < 1.29 is 37.4 Å². The molecule has 2 aromatic rings. The lowest BCUT2D eigenvalue weighted by molar-refractivity contribution is -0.693.